The van der Waals surface area contributed by atoms with Gasteiger partial charge in [-0.3, -0.25) is 0 Å². The first-order valence-electron chi connectivity index (χ1n) is 6.04. The van der Waals surface area contributed by atoms with Crippen LogP contribution in [0.1, 0.15) is 46.9 Å². The second-order valence-electron chi connectivity index (χ2n) is 4.85. The molecule has 0 aromatic heterocycles. The molecule has 2 aromatic carbocycles. The van der Waals surface area contributed by atoms with Gasteiger partial charge in [-0.25, -0.2) is 0 Å². The molecule has 3 aliphatic rings. The smallest absolute Gasteiger partial charge is 0.0102 e. The highest BCUT2D eigenvalue weighted by Gasteiger charge is 2.36. The van der Waals surface area contributed by atoms with Crippen LogP contribution in [0, 0.1) is 6.07 Å². The summed E-state index contributed by atoms with van der Waals surface area (Å²) in [4.78, 5) is 0. The quantitative estimate of drug-likeness (QED) is 0.612. The first kappa shape index (κ1) is 8.58. The Balaban J connectivity index is 2.04. The summed E-state index contributed by atoms with van der Waals surface area (Å²) in [6.07, 6.45) is 2.61. The summed E-state index contributed by atoms with van der Waals surface area (Å²) in [7, 11) is 0. The predicted octanol–water partition coefficient (Wildman–Crippen LogP) is 3.86. The highest BCUT2D eigenvalue weighted by Crippen LogP contribution is 2.52. The summed E-state index contributed by atoms with van der Waals surface area (Å²) in [6.45, 7) is 0. The van der Waals surface area contributed by atoms with Gasteiger partial charge in [0.1, 0.15) is 0 Å². The first-order chi connectivity index (χ1) is 7.95. The molecule has 0 heteroatoms. The molecule has 3 aliphatic carbocycles. The molecule has 2 unspecified atom stereocenters. The van der Waals surface area contributed by atoms with Crippen molar-refractivity contribution in [2.45, 2.75) is 24.7 Å². The molecule has 5 rings (SSSR count). The summed E-state index contributed by atoms with van der Waals surface area (Å²) in [5, 5.41) is 0. The summed E-state index contributed by atoms with van der Waals surface area (Å²) < 4.78 is 0. The molecule has 2 bridgehead atoms. The molecule has 0 nitrogen and oxygen atoms in total. The molecular formula is C16H13. The highest BCUT2D eigenvalue weighted by atomic mass is 14.4. The minimum Gasteiger partial charge on any atom is -0.0620 e. The van der Waals surface area contributed by atoms with E-state index in [0.29, 0.717) is 11.8 Å². The van der Waals surface area contributed by atoms with E-state index >= 15 is 0 Å². The van der Waals surface area contributed by atoms with E-state index in [9.17, 15) is 0 Å². The average molecular weight is 205 g/mol. The molecule has 0 saturated heterocycles. The molecule has 0 aliphatic heterocycles. The maximum Gasteiger partial charge on any atom is 0.0102 e. The van der Waals surface area contributed by atoms with E-state index in [0.717, 1.165) is 0 Å². The summed E-state index contributed by atoms with van der Waals surface area (Å²) in [5.41, 5.74) is 6.09. The van der Waals surface area contributed by atoms with Crippen LogP contribution in [0.4, 0.5) is 0 Å². The van der Waals surface area contributed by atoms with Gasteiger partial charge < -0.3 is 0 Å². The lowest BCUT2D eigenvalue weighted by Crippen LogP contribution is -2.24. The van der Waals surface area contributed by atoms with E-state index in [1.165, 1.54) is 24.0 Å². The summed E-state index contributed by atoms with van der Waals surface area (Å²) in [6, 6.07) is 18.9. The maximum absolute atomic E-state index is 3.46. The van der Waals surface area contributed by atoms with Crippen molar-refractivity contribution in [1.29, 1.82) is 0 Å². The maximum atomic E-state index is 3.46. The molecule has 1 radical (unpaired) electrons. The molecule has 0 amide bonds. The van der Waals surface area contributed by atoms with Crippen LogP contribution in [0.2, 0.25) is 0 Å². The van der Waals surface area contributed by atoms with E-state index in [1.54, 1.807) is 11.1 Å². The lowest BCUT2D eigenvalue weighted by Gasteiger charge is -2.40. The monoisotopic (exact) mass is 205 g/mol. The van der Waals surface area contributed by atoms with Crippen LogP contribution in [0.3, 0.4) is 0 Å². The van der Waals surface area contributed by atoms with Crippen molar-refractivity contribution in [3.63, 3.8) is 0 Å². The van der Waals surface area contributed by atoms with E-state index in [1.807, 2.05) is 0 Å². The van der Waals surface area contributed by atoms with E-state index < -0.39 is 0 Å². The van der Waals surface area contributed by atoms with E-state index in [-0.39, 0.29) is 0 Å². The minimum absolute atomic E-state index is 0.609. The Kier molecular flexibility index (Phi) is 1.59. The standard InChI is InChI=1S/C16H13/c1-2-6-12-11(5-1)15-9-10-16(12)14-8-4-3-7-13(14)15/h1-7,15-16H,9-10H2. The molecule has 0 spiro atoms. The number of rotatable bonds is 0. The fourth-order valence-electron chi connectivity index (χ4n) is 3.48. The second-order valence-corrected chi connectivity index (χ2v) is 4.85. The third-order valence-electron chi connectivity index (χ3n) is 4.14. The Bertz CT molecular complexity index is 456. The van der Waals surface area contributed by atoms with E-state index in [2.05, 4.69) is 48.5 Å². The Morgan fingerprint density at radius 3 is 2.38 bits per heavy atom. The van der Waals surface area contributed by atoms with Crippen molar-refractivity contribution in [1.82, 2.24) is 0 Å². The zero-order valence-electron chi connectivity index (χ0n) is 9.11. The third-order valence-corrected chi connectivity index (χ3v) is 4.14. The van der Waals surface area contributed by atoms with Crippen LogP contribution in [-0.2, 0) is 0 Å². The zero-order valence-corrected chi connectivity index (χ0v) is 9.11. The van der Waals surface area contributed by atoms with Gasteiger partial charge >= 0.3 is 0 Å². The number of hydrogen-bond acceptors (Lipinski definition) is 0. The number of benzene rings is 2. The van der Waals surface area contributed by atoms with Crippen molar-refractivity contribution in [2.24, 2.45) is 0 Å². The van der Waals surface area contributed by atoms with Crippen LogP contribution in [0.15, 0.2) is 42.5 Å². The predicted molar refractivity (Wildman–Crippen MR) is 64.6 cm³/mol. The fraction of sp³-hybridized carbons (Fsp3) is 0.250. The van der Waals surface area contributed by atoms with Gasteiger partial charge in [-0.05, 0) is 41.2 Å². The largest absolute Gasteiger partial charge is 0.0620 e. The van der Waals surface area contributed by atoms with Crippen LogP contribution >= 0.6 is 0 Å². The Labute approximate surface area is 95.9 Å². The molecule has 16 heavy (non-hydrogen) atoms. The van der Waals surface area contributed by atoms with Gasteiger partial charge in [0.05, 0.1) is 0 Å². The van der Waals surface area contributed by atoms with Crippen LogP contribution in [-0.4, -0.2) is 0 Å². The molecule has 0 saturated carbocycles. The topological polar surface area (TPSA) is 0 Å². The molecule has 0 heterocycles. The SMILES string of the molecule is [c]1cccc2c1C1CCC2c2ccccc21. The van der Waals surface area contributed by atoms with Crippen LogP contribution in [0.25, 0.3) is 0 Å². The van der Waals surface area contributed by atoms with E-state index in [4.69, 9.17) is 0 Å². The molecular weight excluding hydrogens is 192 g/mol. The van der Waals surface area contributed by atoms with Gasteiger partial charge in [0.25, 0.3) is 0 Å². The van der Waals surface area contributed by atoms with Gasteiger partial charge in [-0.2, -0.15) is 0 Å². The van der Waals surface area contributed by atoms with Gasteiger partial charge in [0.2, 0.25) is 0 Å². The Morgan fingerprint density at radius 2 is 1.50 bits per heavy atom. The number of fused-ring (bicyclic) bond motifs is 1. The highest BCUT2D eigenvalue weighted by molar-refractivity contribution is 5.54. The first-order valence-corrected chi connectivity index (χ1v) is 6.04. The van der Waals surface area contributed by atoms with Crippen LogP contribution < -0.4 is 0 Å². The minimum atomic E-state index is 0.609. The molecule has 2 atom stereocenters. The van der Waals surface area contributed by atoms with Crippen molar-refractivity contribution in [2.75, 3.05) is 0 Å². The normalized spacial score (nSPS) is 25.0. The van der Waals surface area contributed by atoms with Crippen molar-refractivity contribution in [3.05, 3.63) is 70.8 Å². The lowest BCUT2D eigenvalue weighted by atomic mass is 9.64. The molecule has 0 fully saturated rings. The van der Waals surface area contributed by atoms with Gasteiger partial charge in [0.15, 0.2) is 0 Å². The third kappa shape index (κ3) is 0.948. The van der Waals surface area contributed by atoms with Gasteiger partial charge in [0, 0.05) is 11.8 Å². The van der Waals surface area contributed by atoms with Crippen molar-refractivity contribution >= 4 is 0 Å². The Hall–Kier alpha value is -1.56. The summed E-state index contributed by atoms with van der Waals surface area (Å²) >= 11 is 0. The van der Waals surface area contributed by atoms with Crippen molar-refractivity contribution < 1.29 is 0 Å². The van der Waals surface area contributed by atoms with Crippen LogP contribution in [0.5, 0.6) is 0 Å². The summed E-state index contributed by atoms with van der Waals surface area (Å²) in [5.74, 6) is 1.24. The Morgan fingerprint density at radius 1 is 0.812 bits per heavy atom. The van der Waals surface area contributed by atoms with Crippen molar-refractivity contribution in [3.8, 4) is 0 Å². The zero-order chi connectivity index (χ0) is 10.5. The second kappa shape index (κ2) is 2.98. The number of hydrogen-bond donors (Lipinski definition) is 0. The molecule has 0 N–H and O–H groups in total. The lowest BCUT2D eigenvalue weighted by molar-refractivity contribution is 0.519. The van der Waals surface area contributed by atoms with Gasteiger partial charge in [-0.1, -0.05) is 42.5 Å². The average Bonchev–Trinajstić information content (AvgIpc) is 2.40. The fourth-order valence-corrected chi connectivity index (χ4v) is 3.48. The molecule has 2 aromatic rings. The molecule has 77 valence electrons. The van der Waals surface area contributed by atoms with Gasteiger partial charge in [-0.15, -0.1) is 0 Å².